The number of carbonyl (C=O) groups is 1. The monoisotopic (exact) mass is 294 g/mol. The van der Waals surface area contributed by atoms with Crippen molar-refractivity contribution in [3.05, 3.63) is 45.0 Å². The van der Waals surface area contributed by atoms with Gasteiger partial charge in [0.15, 0.2) is 0 Å². The van der Waals surface area contributed by atoms with E-state index in [1.807, 2.05) is 0 Å². The van der Waals surface area contributed by atoms with Crippen molar-refractivity contribution >= 4 is 24.4 Å². The van der Waals surface area contributed by atoms with E-state index < -0.39 is 11.5 Å². The summed E-state index contributed by atoms with van der Waals surface area (Å²) in [6.07, 6.45) is 2.59. The Balaban J connectivity index is 2.32. The van der Waals surface area contributed by atoms with E-state index in [2.05, 4.69) is 15.3 Å². The lowest BCUT2D eigenvalue weighted by atomic mass is 10.2. The number of H-pyrrole nitrogens is 1. The van der Waals surface area contributed by atoms with Crippen LogP contribution in [-0.2, 0) is 11.2 Å². The van der Waals surface area contributed by atoms with Crippen LogP contribution >= 0.6 is 12.2 Å². The molecule has 20 heavy (non-hydrogen) atoms. The first-order chi connectivity index (χ1) is 9.58. The van der Waals surface area contributed by atoms with Gasteiger partial charge >= 0.3 is 5.97 Å². The first-order valence-electron chi connectivity index (χ1n) is 5.58. The summed E-state index contributed by atoms with van der Waals surface area (Å²) >= 11 is 4.91. The van der Waals surface area contributed by atoms with Gasteiger partial charge in [0, 0.05) is 6.42 Å². The number of rotatable bonds is 5. The average molecular weight is 294 g/mol. The first kappa shape index (κ1) is 13.9. The number of aryl methyl sites for hydroxylation is 1. The molecule has 0 atom stereocenters. The summed E-state index contributed by atoms with van der Waals surface area (Å²) in [4.78, 5) is 22.5. The first-order valence-corrected chi connectivity index (χ1v) is 5.99. The summed E-state index contributed by atoms with van der Waals surface area (Å²) in [5, 5.41) is 18.7. The van der Waals surface area contributed by atoms with E-state index in [0.29, 0.717) is 5.76 Å². The number of aromatic amines is 1. The zero-order valence-electron chi connectivity index (χ0n) is 10.1. The fourth-order valence-corrected chi connectivity index (χ4v) is 1.57. The third-order valence-corrected chi connectivity index (χ3v) is 2.60. The lowest BCUT2D eigenvalue weighted by Gasteiger charge is -2.01. The fourth-order valence-electron chi connectivity index (χ4n) is 1.40. The Kier molecular flexibility index (Phi) is 4.20. The number of furan rings is 1. The number of aromatic nitrogens is 3. The standard InChI is InChI=1S/C11H10N4O4S/c16-9(17)4-3-8-10(18)15(11(20)14-13-8)12-6-7-2-1-5-19-7/h1-2,5-6H,3-4H2,(H,14,20)(H,16,17)/b12-6-. The molecule has 8 nitrogen and oxygen atoms in total. The minimum atomic E-state index is -1.01. The maximum atomic E-state index is 12.0. The lowest BCUT2D eigenvalue weighted by molar-refractivity contribution is -0.136. The van der Waals surface area contributed by atoms with Gasteiger partial charge in [-0.1, -0.05) is 0 Å². The predicted octanol–water partition coefficient (Wildman–Crippen LogP) is 0.793. The van der Waals surface area contributed by atoms with E-state index >= 15 is 0 Å². The molecule has 2 N–H and O–H groups in total. The van der Waals surface area contributed by atoms with Gasteiger partial charge in [0.1, 0.15) is 11.5 Å². The second kappa shape index (κ2) is 6.06. The highest BCUT2D eigenvalue weighted by Gasteiger charge is 2.08. The van der Waals surface area contributed by atoms with E-state index in [1.165, 1.54) is 12.5 Å². The van der Waals surface area contributed by atoms with Crippen LogP contribution in [0, 0.1) is 4.77 Å². The van der Waals surface area contributed by atoms with Crippen LogP contribution in [-0.4, -0.2) is 32.2 Å². The van der Waals surface area contributed by atoms with Gasteiger partial charge in [-0.05, 0) is 24.4 Å². The highest BCUT2D eigenvalue weighted by molar-refractivity contribution is 7.71. The van der Waals surface area contributed by atoms with Gasteiger partial charge in [0.05, 0.1) is 18.9 Å². The molecule has 0 spiro atoms. The third kappa shape index (κ3) is 3.26. The summed E-state index contributed by atoms with van der Waals surface area (Å²) in [5.41, 5.74) is -0.504. The Bertz CT molecular complexity index is 745. The van der Waals surface area contributed by atoms with Crippen LogP contribution in [0.4, 0.5) is 0 Å². The van der Waals surface area contributed by atoms with Crippen molar-refractivity contribution in [2.45, 2.75) is 12.8 Å². The predicted molar refractivity (Wildman–Crippen MR) is 71.3 cm³/mol. The van der Waals surface area contributed by atoms with Crippen LogP contribution in [0.3, 0.4) is 0 Å². The largest absolute Gasteiger partial charge is 0.481 e. The van der Waals surface area contributed by atoms with Gasteiger partial charge in [-0.3, -0.25) is 14.7 Å². The number of nitrogens with one attached hydrogen (secondary N) is 1. The fraction of sp³-hybridized carbons (Fsp3) is 0.182. The molecule has 2 aromatic rings. The number of hydrogen-bond acceptors (Lipinski definition) is 6. The normalized spacial score (nSPS) is 11.0. The van der Waals surface area contributed by atoms with Gasteiger partial charge in [-0.15, -0.1) is 0 Å². The number of carboxylic acid groups (broad SMARTS) is 1. The van der Waals surface area contributed by atoms with Crippen molar-refractivity contribution in [3.63, 3.8) is 0 Å². The molecule has 0 amide bonds. The number of carboxylic acids is 1. The molecule has 2 aromatic heterocycles. The summed E-state index contributed by atoms with van der Waals surface area (Å²) in [5.74, 6) is -0.561. The second-order valence-electron chi connectivity index (χ2n) is 3.75. The van der Waals surface area contributed by atoms with Crippen LogP contribution in [0.15, 0.2) is 32.7 Å². The summed E-state index contributed by atoms with van der Waals surface area (Å²) in [7, 11) is 0. The summed E-state index contributed by atoms with van der Waals surface area (Å²) in [6.45, 7) is 0. The molecule has 0 fully saturated rings. The smallest absolute Gasteiger partial charge is 0.303 e. The molecule has 0 saturated carbocycles. The van der Waals surface area contributed by atoms with E-state index in [4.69, 9.17) is 21.7 Å². The molecule has 2 heterocycles. The van der Waals surface area contributed by atoms with Crippen molar-refractivity contribution < 1.29 is 14.3 Å². The van der Waals surface area contributed by atoms with Gasteiger partial charge in [-0.25, -0.2) is 0 Å². The Labute approximate surface area is 117 Å². The SMILES string of the molecule is O=C(O)CCc1n[nH]c(=S)n(/N=C\c2ccco2)c1=O. The van der Waals surface area contributed by atoms with Crippen LogP contribution in [0.25, 0.3) is 0 Å². The van der Waals surface area contributed by atoms with Gasteiger partial charge in [-0.2, -0.15) is 14.9 Å². The highest BCUT2D eigenvalue weighted by atomic mass is 32.1. The molecule has 0 aliphatic carbocycles. The van der Waals surface area contributed by atoms with Crippen LogP contribution in [0.5, 0.6) is 0 Å². The van der Waals surface area contributed by atoms with E-state index in [-0.39, 0.29) is 23.3 Å². The maximum Gasteiger partial charge on any atom is 0.303 e. The molecular formula is C11H10N4O4S. The highest BCUT2D eigenvalue weighted by Crippen LogP contribution is 1.97. The number of nitrogens with zero attached hydrogens (tertiary/aromatic N) is 3. The Hall–Kier alpha value is -2.55. The van der Waals surface area contributed by atoms with Gasteiger partial charge in [0.2, 0.25) is 4.77 Å². The number of hydrogen-bond donors (Lipinski definition) is 2. The molecule has 9 heteroatoms. The van der Waals surface area contributed by atoms with Crippen molar-refractivity contribution in [3.8, 4) is 0 Å². The molecular weight excluding hydrogens is 284 g/mol. The zero-order chi connectivity index (χ0) is 14.5. The van der Waals surface area contributed by atoms with E-state index in [9.17, 15) is 9.59 Å². The summed E-state index contributed by atoms with van der Waals surface area (Å²) < 4.78 is 5.99. The molecule has 2 rings (SSSR count). The van der Waals surface area contributed by atoms with Gasteiger partial charge in [0.25, 0.3) is 5.56 Å². The average Bonchev–Trinajstić information content (AvgIpc) is 2.90. The van der Waals surface area contributed by atoms with Crippen LogP contribution in [0.1, 0.15) is 17.9 Å². The quantitative estimate of drug-likeness (QED) is 0.622. The minimum absolute atomic E-state index is 0.00342. The van der Waals surface area contributed by atoms with Crippen LogP contribution < -0.4 is 5.56 Å². The van der Waals surface area contributed by atoms with E-state index in [0.717, 1.165) is 4.68 Å². The lowest BCUT2D eigenvalue weighted by Crippen LogP contribution is -2.25. The molecule has 0 radical (unpaired) electrons. The zero-order valence-corrected chi connectivity index (χ0v) is 11.0. The van der Waals surface area contributed by atoms with E-state index in [1.54, 1.807) is 12.1 Å². The molecule has 0 unspecified atom stereocenters. The third-order valence-electron chi connectivity index (χ3n) is 2.34. The molecule has 0 saturated heterocycles. The molecule has 0 aliphatic heterocycles. The van der Waals surface area contributed by atoms with Crippen molar-refractivity contribution in [2.24, 2.45) is 5.10 Å². The number of aliphatic carboxylic acids is 1. The Morgan fingerprint density at radius 1 is 1.65 bits per heavy atom. The second-order valence-corrected chi connectivity index (χ2v) is 4.13. The molecule has 0 aromatic carbocycles. The van der Waals surface area contributed by atoms with Gasteiger partial charge < -0.3 is 9.52 Å². The van der Waals surface area contributed by atoms with Crippen molar-refractivity contribution in [1.29, 1.82) is 0 Å². The Morgan fingerprint density at radius 3 is 3.10 bits per heavy atom. The van der Waals surface area contributed by atoms with Crippen molar-refractivity contribution in [2.75, 3.05) is 0 Å². The summed E-state index contributed by atoms with van der Waals surface area (Å²) in [6, 6.07) is 3.34. The van der Waals surface area contributed by atoms with Crippen molar-refractivity contribution in [1.82, 2.24) is 14.9 Å². The maximum absolute atomic E-state index is 12.0. The molecule has 104 valence electrons. The topological polar surface area (TPSA) is 113 Å². The molecule has 0 aliphatic rings. The van der Waals surface area contributed by atoms with Crippen LogP contribution in [0.2, 0.25) is 0 Å². The molecule has 0 bridgehead atoms. The minimum Gasteiger partial charge on any atom is -0.481 e. The Morgan fingerprint density at radius 2 is 2.45 bits per heavy atom.